The highest BCUT2D eigenvalue weighted by Gasteiger charge is 2.12. The molecule has 3 aromatic rings. The fourth-order valence-electron chi connectivity index (χ4n) is 2.25. The summed E-state index contributed by atoms with van der Waals surface area (Å²) in [6.45, 7) is 0. The maximum absolute atomic E-state index is 12.4. The van der Waals surface area contributed by atoms with Crippen LogP contribution in [-0.2, 0) is 12.8 Å². The Bertz CT molecular complexity index is 714. The van der Waals surface area contributed by atoms with E-state index in [4.69, 9.17) is 8.83 Å². The number of hydrogen-bond acceptors (Lipinski definition) is 2. The van der Waals surface area contributed by atoms with Gasteiger partial charge in [-0.3, -0.25) is 0 Å². The minimum absolute atomic E-state index is 0.291. The molecular formula is C18H15F2O2. The van der Waals surface area contributed by atoms with Gasteiger partial charge in [0.15, 0.2) is 5.76 Å². The molecule has 0 saturated heterocycles. The van der Waals surface area contributed by atoms with Gasteiger partial charge in [0.05, 0.1) is 12.5 Å². The van der Waals surface area contributed by atoms with Gasteiger partial charge in [-0.2, -0.15) is 0 Å². The average molecular weight is 301 g/mol. The smallest absolute Gasteiger partial charge is 0.295 e. The van der Waals surface area contributed by atoms with Crippen molar-refractivity contribution >= 4 is 0 Å². The van der Waals surface area contributed by atoms with Crippen LogP contribution in [0.3, 0.4) is 0 Å². The van der Waals surface area contributed by atoms with Crippen molar-refractivity contribution in [3.63, 3.8) is 0 Å². The van der Waals surface area contributed by atoms with E-state index in [0.717, 1.165) is 23.3 Å². The Hall–Kier alpha value is -2.36. The lowest BCUT2D eigenvalue weighted by Crippen LogP contribution is -1.86. The molecule has 2 aromatic heterocycles. The largest absolute Gasteiger partial charge is 0.469 e. The Labute approximate surface area is 127 Å². The molecule has 0 amide bonds. The first-order valence-corrected chi connectivity index (χ1v) is 7.01. The summed E-state index contributed by atoms with van der Waals surface area (Å²) < 4.78 is 35.2. The third-order valence-corrected chi connectivity index (χ3v) is 3.36. The van der Waals surface area contributed by atoms with Crippen molar-refractivity contribution in [1.82, 2.24) is 0 Å². The summed E-state index contributed by atoms with van der Waals surface area (Å²) in [6.07, 6.45) is 3.66. The molecular weight excluding hydrogens is 286 g/mol. The fourth-order valence-corrected chi connectivity index (χ4v) is 2.25. The van der Waals surface area contributed by atoms with Crippen LogP contribution in [0, 0.1) is 6.42 Å². The minimum Gasteiger partial charge on any atom is -0.469 e. The van der Waals surface area contributed by atoms with Crippen molar-refractivity contribution in [3.05, 3.63) is 89.6 Å². The number of benzene rings is 1. The number of halogens is 2. The Morgan fingerprint density at radius 3 is 2.50 bits per heavy atom. The molecule has 3 rings (SSSR count). The van der Waals surface area contributed by atoms with Gasteiger partial charge in [-0.25, -0.2) is 8.78 Å². The van der Waals surface area contributed by atoms with E-state index in [1.54, 1.807) is 6.26 Å². The van der Waals surface area contributed by atoms with Crippen LogP contribution in [0.1, 0.15) is 34.6 Å². The highest BCUT2D eigenvalue weighted by molar-refractivity contribution is 5.28. The maximum atomic E-state index is 12.4. The Morgan fingerprint density at radius 2 is 1.77 bits per heavy atom. The fraction of sp³-hybridized carbons (Fsp3) is 0.167. The number of rotatable bonds is 6. The van der Waals surface area contributed by atoms with E-state index in [0.29, 0.717) is 6.42 Å². The van der Waals surface area contributed by atoms with Gasteiger partial charge in [-0.05, 0) is 41.7 Å². The Morgan fingerprint density at radius 1 is 0.955 bits per heavy atom. The molecule has 0 N–H and O–H groups in total. The van der Waals surface area contributed by atoms with E-state index in [-0.39, 0.29) is 5.76 Å². The lowest BCUT2D eigenvalue weighted by molar-refractivity contribution is 0.122. The first-order chi connectivity index (χ1) is 10.7. The van der Waals surface area contributed by atoms with E-state index in [1.807, 2.05) is 42.8 Å². The van der Waals surface area contributed by atoms with Crippen LogP contribution < -0.4 is 0 Å². The highest BCUT2D eigenvalue weighted by atomic mass is 19.3. The van der Waals surface area contributed by atoms with Crippen molar-refractivity contribution < 1.29 is 17.6 Å². The molecule has 22 heavy (non-hydrogen) atoms. The molecule has 0 aliphatic heterocycles. The van der Waals surface area contributed by atoms with Gasteiger partial charge in [0.25, 0.3) is 6.43 Å². The summed E-state index contributed by atoms with van der Waals surface area (Å²) in [5.74, 6) is 0.582. The van der Waals surface area contributed by atoms with Crippen molar-refractivity contribution in [2.45, 2.75) is 19.3 Å². The van der Waals surface area contributed by atoms with E-state index in [9.17, 15) is 8.78 Å². The van der Waals surface area contributed by atoms with Gasteiger partial charge >= 0.3 is 0 Å². The summed E-state index contributed by atoms with van der Waals surface area (Å²) >= 11 is 0. The summed E-state index contributed by atoms with van der Waals surface area (Å²) in [4.78, 5) is 0. The summed E-state index contributed by atoms with van der Waals surface area (Å²) in [5.41, 5.74) is 2.84. The molecule has 0 bridgehead atoms. The zero-order valence-electron chi connectivity index (χ0n) is 11.8. The zero-order chi connectivity index (χ0) is 15.4. The zero-order valence-corrected chi connectivity index (χ0v) is 11.8. The molecule has 0 fully saturated rings. The number of alkyl halides is 2. The second kappa shape index (κ2) is 6.60. The van der Waals surface area contributed by atoms with Crippen molar-refractivity contribution in [2.24, 2.45) is 0 Å². The molecule has 1 aromatic carbocycles. The molecule has 0 aliphatic rings. The second-order valence-electron chi connectivity index (χ2n) is 5.07. The summed E-state index contributed by atoms with van der Waals surface area (Å²) in [7, 11) is 0. The van der Waals surface area contributed by atoms with Crippen molar-refractivity contribution in [3.8, 4) is 0 Å². The normalized spacial score (nSPS) is 11.2. The predicted octanol–water partition coefficient (Wildman–Crippen LogP) is 5.20. The summed E-state index contributed by atoms with van der Waals surface area (Å²) in [6, 6.07) is 13.4. The molecule has 0 unspecified atom stereocenters. The van der Waals surface area contributed by atoms with Crippen molar-refractivity contribution in [2.75, 3.05) is 0 Å². The molecule has 113 valence electrons. The Balaban J connectivity index is 1.57. The van der Waals surface area contributed by atoms with Crippen LogP contribution in [0.5, 0.6) is 0 Å². The van der Waals surface area contributed by atoms with E-state index < -0.39 is 6.43 Å². The topological polar surface area (TPSA) is 26.3 Å². The van der Waals surface area contributed by atoms with Crippen LogP contribution in [0.4, 0.5) is 8.78 Å². The highest BCUT2D eigenvalue weighted by Crippen LogP contribution is 2.23. The summed E-state index contributed by atoms with van der Waals surface area (Å²) in [5, 5.41) is 0. The molecule has 0 spiro atoms. The second-order valence-corrected chi connectivity index (χ2v) is 5.07. The van der Waals surface area contributed by atoms with Crippen LogP contribution in [0.15, 0.2) is 63.8 Å². The maximum Gasteiger partial charge on any atom is 0.295 e. The van der Waals surface area contributed by atoms with Gasteiger partial charge in [-0.1, -0.05) is 30.3 Å². The molecule has 2 nitrogen and oxygen atoms in total. The predicted molar refractivity (Wildman–Crippen MR) is 78.7 cm³/mol. The Kier molecular flexibility index (Phi) is 4.37. The van der Waals surface area contributed by atoms with Crippen LogP contribution >= 0.6 is 0 Å². The monoisotopic (exact) mass is 301 g/mol. The minimum atomic E-state index is -2.57. The molecule has 0 atom stereocenters. The molecule has 2 heterocycles. The van der Waals surface area contributed by atoms with E-state index in [1.165, 1.54) is 17.9 Å². The van der Waals surface area contributed by atoms with Gasteiger partial charge in [-0.15, -0.1) is 0 Å². The lowest BCUT2D eigenvalue weighted by atomic mass is 10.1. The first kappa shape index (κ1) is 14.6. The molecule has 0 saturated carbocycles. The third-order valence-electron chi connectivity index (χ3n) is 3.36. The average Bonchev–Trinajstić information content (AvgIpc) is 3.15. The van der Waals surface area contributed by atoms with Gasteiger partial charge < -0.3 is 8.83 Å². The lowest BCUT2D eigenvalue weighted by Gasteiger charge is -1.96. The van der Waals surface area contributed by atoms with E-state index in [2.05, 4.69) is 0 Å². The standard InChI is InChI=1S/C18H15F2O2/c19-18(20)17-10-15(12-22-17)7-6-14-9-16(21-11-14)8-13-4-2-1-3-5-13/h1-6,9-12,18H,7-8H2. The van der Waals surface area contributed by atoms with Gasteiger partial charge in [0.2, 0.25) is 0 Å². The quantitative estimate of drug-likeness (QED) is 0.626. The molecule has 1 radical (unpaired) electrons. The molecule has 4 heteroatoms. The number of furan rings is 2. The van der Waals surface area contributed by atoms with Crippen molar-refractivity contribution in [1.29, 1.82) is 0 Å². The van der Waals surface area contributed by atoms with Crippen LogP contribution in [0.2, 0.25) is 0 Å². The SMILES string of the molecule is FC(F)c1cc(C[CH]c2coc(Cc3ccccc3)c2)co1. The van der Waals surface area contributed by atoms with E-state index >= 15 is 0 Å². The molecule has 0 aliphatic carbocycles. The van der Waals surface area contributed by atoms with Crippen LogP contribution in [0.25, 0.3) is 0 Å². The van der Waals surface area contributed by atoms with Gasteiger partial charge in [0.1, 0.15) is 5.76 Å². The van der Waals surface area contributed by atoms with Gasteiger partial charge in [0, 0.05) is 6.42 Å². The first-order valence-electron chi connectivity index (χ1n) is 7.01. The number of hydrogen-bond donors (Lipinski definition) is 0. The third kappa shape index (κ3) is 3.64. The van der Waals surface area contributed by atoms with Crippen LogP contribution in [-0.4, -0.2) is 0 Å².